The van der Waals surface area contributed by atoms with Crippen molar-refractivity contribution in [3.8, 4) is 17.2 Å². The minimum atomic E-state index is -0.876. The Labute approximate surface area is 113 Å². The highest BCUT2D eigenvalue weighted by Crippen LogP contribution is 2.46. The number of nitrogens with zero attached hydrogens (tertiary/aromatic N) is 3. The molecule has 0 amide bonds. The van der Waals surface area contributed by atoms with E-state index in [1.165, 1.54) is 21.3 Å². The number of rotatable bonds is 6. The molecule has 1 aromatic carbocycles. The average molecular weight is 281 g/mol. The quantitative estimate of drug-likeness (QED) is 0.192. The summed E-state index contributed by atoms with van der Waals surface area (Å²) >= 11 is 0. The second-order valence-electron chi connectivity index (χ2n) is 3.41. The van der Waals surface area contributed by atoms with Crippen molar-refractivity contribution in [2.75, 3.05) is 21.3 Å². The summed E-state index contributed by atoms with van der Waals surface area (Å²) in [5, 5.41) is 11.1. The van der Waals surface area contributed by atoms with E-state index in [0.29, 0.717) is 6.21 Å². The van der Waals surface area contributed by atoms with Gasteiger partial charge in [-0.3, -0.25) is 14.9 Å². The van der Waals surface area contributed by atoms with E-state index in [9.17, 15) is 14.9 Å². The molecule has 0 fully saturated rings. The van der Waals surface area contributed by atoms with Gasteiger partial charge in [-0.2, -0.15) is 4.79 Å². The van der Waals surface area contributed by atoms with Crippen molar-refractivity contribution in [2.24, 2.45) is 0 Å². The fraction of sp³-hybridized carbons (Fsp3) is 0.273. The van der Waals surface area contributed by atoms with Crippen LogP contribution in [-0.4, -0.2) is 43.0 Å². The molecule has 0 saturated heterocycles. The molecule has 0 radical (unpaired) electrons. The summed E-state index contributed by atoms with van der Waals surface area (Å²) in [4.78, 5) is 24.7. The number of Topliss-reactive ketones (excluding diaryl/α,β-unsaturated/α-hetero) is 1. The molecule has 0 unspecified atom stereocenters. The lowest BCUT2D eigenvalue weighted by molar-refractivity contribution is -0.386. The molecule has 9 heteroatoms. The van der Waals surface area contributed by atoms with Gasteiger partial charge in [0.15, 0.2) is 5.75 Å². The van der Waals surface area contributed by atoms with Crippen molar-refractivity contribution in [2.45, 2.75) is 0 Å². The Morgan fingerprint density at radius 1 is 1.30 bits per heavy atom. The van der Waals surface area contributed by atoms with Crippen LogP contribution in [0, 0.1) is 10.1 Å². The van der Waals surface area contributed by atoms with Crippen molar-refractivity contribution in [1.29, 1.82) is 0 Å². The smallest absolute Gasteiger partial charge is 0.328 e. The molecule has 106 valence electrons. The zero-order valence-electron chi connectivity index (χ0n) is 10.9. The third kappa shape index (κ3) is 2.57. The molecule has 0 atom stereocenters. The van der Waals surface area contributed by atoms with Gasteiger partial charge in [0.05, 0.1) is 26.3 Å². The van der Waals surface area contributed by atoms with Gasteiger partial charge in [0.2, 0.25) is 11.5 Å². The number of nitro groups is 1. The van der Waals surface area contributed by atoms with Crippen LogP contribution in [0.5, 0.6) is 17.2 Å². The number of methoxy groups -OCH3 is 3. The maximum atomic E-state index is 11.7. The SMILES string of the molecule is COc1cc(C(=O)C=[N+]=[N-])c([N+](=O)[O-])c(OC)c1OC. The summed E-state index contributed by atoms with van der Waals surface area (Å²) in [6.07, 6.45) is 0.535. The highest BCUT2D eigenvalue weighted by atomic mass is 16.6. The third-order valence-electron chi connectivity index (χ3n) is 2.43. The molecule has 0 heterocycles. The molecule has 0 spiro atoms. The average Bonchev–Trinajstić information content (AvgIpc) is 2.44. The Hall–Kier alpha value is -2.93. The van der Waals surface area contributed by atoms with Crippen LogP contribution in [0.15, 0.2) is 6.07 Å². The molecule has 0 N–H and O–H groups in total. The monoisotopic (exact) mass is 281 g/mol. The van der Waals surface area contributed by atoms with Crippen molar-refractivity contribution in [3.63, 3.8) is 0 Å². The number of benzene rings is 1. The molecular formula is C11H11N3O6. The lowest BCUT2D eigenvalue weighted by Crippen LogP contribution is -2.09. The van der Waals surface area contributed by atoms with Gasteiger partial charge < -0.3 is 19.7 Å². The number of nitro benzene ring substituents is 1. The van der Waals surface area contributed by atoms with Gasteiger partial charge in [0.25, 0.3) is 5.78 Å². The molecule has 20 heavy (non-hydrogen) atoms. The first-order chi connectivity index (χ1) is 9.51. The van der Waals surface area contributed by atoms with Crippen LogP contribution in [0.4, 0.5) is 5.69 Å². The van der Waals surface area contributed by atoms with Crippen LogP contribution >= 0.6 is 0 Å². The second kappa shape index (κ2) is 6.30. The van der Waals surface area contributed by atoms with Gasteiger partial charge in [0.1, 0.15) is 5.56 Å². The van der Waals surface area contributed by atoms with Gasteiger partial charge in [0, 0.05) is 6.07 Å². The van der Waals surface area contributed by atoms with E-state index in [2.05, 4.69) is 4.79 Å². The molecule has 0 aliphatic rings. The topological polar surface area (TPSA) is 124 Å². The molecule has 1 aromatic rings. The predicted octanol–water partition coefficient (Wildman–Crippen LogP) is 1.10. The fourth-order valence-corrected chi connectivity index (χ4v) is 1.63. The molecule has 0 saturated carbocycles. The molecule has 0 bridgehead atoms. The lowest BCUT2D eigenvalue weighted by atomic mass is 10.1. The maximum Gasteiger partial charge on any atom is 0.328 e. The van der Waals surface area contributed by atoms with Crippen molar-refractivity contribution in [1.82, 2.24) is 0 Å². The molecule has 0 aliphatic heterocycles. The summed E-state index contributed by atoms with van der Waals surface area (Å²) in [5.74, 6) is -1.08. The lowest BCUT2D eigenvalue weighted by Gasteiger charge is -2.13. The normalized spacial score (nSPS) is 9.35. The highest BCUT2D eigenvalue weighted by molar-refractivity contribution is 6.35. The van der Waals surface area contributed by atoms with E-state index in [0.717, 1.165) is 6.07 Å². The van der Waals surface area contributed by atoms with Gasteiger partial charge in [-0.05, 0) is 0 Å². The molecule has 1 rings (SSSR count). The van der Waals surface area contributed by atoms with Crippen LogP contribution < -0.4 is 14.2 Å². The zero-order valence-corrected chi connectivity index (χ0v) is 10.9. The van der Waals surface area contributed by atoms with Crippen LogP contribution in [-0.2, 0) is 0 Å². The number of ketones is 1. The summed E-state index contributed by atoms with van der Waals surface area (Å²) in [6.45, 7) is 0. The minimum Gasteiger partial charge on any atom is -0.493 e. The second-order valence-corrected chi connectivity index (χ2v) is 3.41. The number of hydrogen-bond acceptors (Lipinski definition) is 6. The van der Waals surface area contributed by atoms with E-state index in [1.54, 1.807) is 0 Å². The maximum absolute atomic E-state index is 11.7. The van der Waals surface area contributed by atoms with E-state index in [1.807, 2.05) is 0 Å². The Kier molecular flexibility index (Phi) is 4.76. The van der Waals surface area contributed by atoms with Crippen molar-refractivity contribution in [3.05, 3.63) is 27.3 Å². The Morgan fingerprint density at radius 2 is 1.90 bits per heavy atom. The summed E-state index contributed by atoms with van der Waals surface area (Å²) < 4.78 is 14.9. The third-order valence-corrected chi connectivity index (χ3v) is 2.43. The van der Waals surface area contributed by atoms with E-state index in [-0.39, 0.29) is 22.8 Å². The first-order valence-corrected chi connectivity index (χ1v) is 5.20. The molecule has 0 aliphatic carbocycles. The zero-order chi connectivity index (χ0) is 15.3. The Balaban J connectivity index is 3.78. The molecule has 9 nitrogen and oxygen atoms in total. The Bertz CT molecular complexity index is 607. The van der Waals surface area contributed by atoms with E-state index in [4.69, 9.17) is 19.7 Å². The van der Waals surface area contributed by atoms with Crippen molar-refractivity contribution >= 4 is 17.7 Å². The van der Waals surface area contributed by atoms with E-state index >= 15 is 0 Å². The Morgan fingerprint density at radius 3 is 2.30 bits per heavy atom. The largest absolute Gasteiger partial charge is 0.493 e. The summed E-state index contributed by atoms with van der Waals surface area (Å²) in [6, 6.07) is 1.11. The van der Waals surface area contributed by atoms with Gasteiger partial charge in [-0.15, -0.1) is 0 Å². The summed E-state index contributed by atoms with van der Waals surface area (Å²) in [7, 11) is 3.77. The standard InChI is InChI=1S/C11H11N3O6/c1-18-8-4-6(7(15)5-13-12)9(14(16)17)11(20-3)10(8)19-2/h4-5H,1-3H3. The van der Waals surface area contributed by atoms with Gasteiger partial charge >= 0.3 is 11.9 Å². The van der Waals surface area contributed by atoms with Crippen LogP contribution in [0.1, 0.15) is 10.4 Å². The van der Waals surface area contributed by atoms with Gasteiger partial charge in [-0.1, -0.05) is 0 Å². The number of carbonyl (C=O) groups is 1. The van der Waals surface area contributed by atoms with Gasteiger partial charge in [-0.25, -0.2) is 0 Å². The first-order valence-electron chi connectivity index (χ1n) is 5.20. The number of ether oxygens (including phenoxy) is 3. The predicted molar refractivity (Wildman–Crippen MR) is 66.8 cm³/mol. The van der Waals surface area contributed by atoms with Crippen LogP contribution in [0.2, 0.25) is 0 Å². The first kappa shape index (κ1) is 15.1. The molecule has 0 aromatic heterocycles. The minimum absolute atomic E-state index is 0.0146. The van der Waals surface area contributed by atoms with Crippen LogP contribution in [0.3, 0.4) is 0 Å². The van der Waals surface area contributed by atoms with Crippen molar-refractivity contribution < 1.29 is 28.7 Å². The fourth-order valence-electron chi connectivity index (χ4n) is 1.63. The highest BCUT2D eigenvalue weighted by Gasteiger charge is 2.32. The van der Waals surface area contributed by atoms with E-state index < -0.39 is 16.4 Å². The van der Waals surface area contributed by atoms with Crippen LogP contribution in [0.25, 0.3) is 5.53 Å². The molecular weight excluding hydrogens is 270 g/mol. The number of hydrogen-bond donors (Lipinski definition) is 0. The number of carbonyl (C=O) groups excluding carboxylic acids is 1. The summed E-state index contributed by atoms with van der Waals surface area (Å²) in [5.41, 5.74) is 7.43.